The molecule has 1 aromatic rings. The zero-order chi connectivity index (χ0) is 15.0. The van der Waals surface area contributed by atoms with Crippen molar-refractivity contribution in [3.8, 4) is 5.75 Å². The molecule has 4 heteroatoms. The second-order valence-electron chi connectivity index (χ2n) is 5.63. The normalized spacial score (nSPS) is 10.9. The van der Waals surface area contributed by atoms with Crippen LogP contribution < -0.4 is 15.4 Å². The summed E-state index contributed by atoms with van der Waals surface area (Å²) in [7, 11) is 0. The van der Waals surface area contributed by atoms with Gasteiger partial charge in [-0.2, -0.15) is 0 Å². The molecule has 4 nitrogen and oxygen atoms in total. The molecule has 0 radical (unpaired) electrons. The third kappa shape index (κ3) is 6.57. The number of hydrogen-bond donors (Lipinski definition) is 2. The molecule has 1 aromatic carbocycles. The molecule has 1 amide bonds. The monoisotopic (exact) mass is 278 g/mol. The third-order valence-electron chi connectivity index (χ3n) is 2.74. The van der Waals surface area contributed by atoms with E-state index in [1.54, 1.807) is 0 Å². The van der Waals surface area contributed by atoms with E-state index in [0.29, 0.717) is 18.5 Å². The largest absolute Gasteiger partial charge is 0.483 e. The Balaban J connectivity index is 2.48. The Morgan fingerprint density at radius 1 is 1.20 bits per heavy atom. The summed E-state index contributed by atoms with van der Waals surface area (Å²) in [5.74, 6) is 1.13. The van der Waals surface area contributed by atoms with Crippen molar-refractivity contribution in [1.82, 2.24) is 10.6 Å². The third-order valence-corrected chi connectivity index (χ3v) is 2.74. The van der Waals surface area contributed by atoms with Crippen LogP contribution in [0.15, 0.2) is 24.3 Å². The summed E-state index contributed by atoms with van der Waals surface area (Å²) in [6.07, 6.45) is 0. The Morgan fingerprint density at radius 3 is 2.55 bits per heavy atom. The first-order valence-corrected chi connectivity index (χ1v) is 7.19. The van der Waals surface area contributed by atoms with Crippen molar-refractivity contribution in [2.75, 3.05) is 13.2 Å². The maximum atomic E-state index is 11.6. The van der Waals surface area contributed by atoms with E-state index in [1.807, 2.05) is 24.3 Å². The van der Waals surface area contributed by atoms with Crippen molar-refractivity contribution in [2.45, 2.75) is 40.3 Å². The second kappa shape index (κ2) is 8.59. The highest BCUT2D eigenvalue weighted by atomic mass is 16.5. The Labute approximate surface area is 121 Å². The van der Waals surface area contributed by atoms with E-state index in [-0.39, 0.29) is 12.5 Å². The fraction of sp³-hybridized carbons (Fsp3) is 0.562. The number of amides is 1. The molecule has 0 saturated heterocycles. The number of nitrogens with one attached hydrogen (secondary N) is 2. The average Bonchev–Trinajstić information content (AvgIpc) is 2.41. The molecule has 0 aliphatic carbocycles. The first kappa shape index (κ1) is 16.5. The molecular formula is C16H26N2O2. The van der Waals surface area contributed by atoms with Gasteiger partial charge in [0.15, 0.2) is 6.61 Å². The maximum absolute atomic E-state index is 11.6. The standard InChI is InChI=1S/C16H26N2O2/c1-12(2)9-18-16(19)11-20-15-8-6-5-7-14(15)10-17-13(3)4/h5-8,12-13,17H,9-11H2,1-4H3,(H,18,19). The summed E-state index contributed by atoms with van der Waals surface area (Å²) in [5.41, 5.74) is 1.07. The van der Waals surface area contributed by atoms with Gasteiger partial charge in [-0.3, -0.25) is 4.79 Å². The van der Waals surface area contributed by atoms with Gasteiger partial charge in [0.2, 0.25) is 0 Å². The summed E-state index contributed by atoms with van der Waals surface area (Å²) >= 11 is 0. The van der Waals surface area contributed by atoms with E-state index in [2.05, 4.69) is 38.3 Å². The van der Waals surface area contributed by atoms with E-state index < -0.39 is 0 Å². The van der Waals surface area contributed by atoms with Crippen LogP contribution in [0.4, 0.5) is 0 Å². The van der Waals surface area contributed by atoms with Crippen molar-refractivity contribution in [1.29, 1.82) is 0 Å². The van der Waals surface area contributed by atoms with Crippen LogP contribution in [0.5, 0.6) is 5.75 Å². The molecule has 2 N–H and O–H groups in total. The Morgan fingerprint density at radius 2 is 1.90 bits per heavy atom. The number of ether oxygens (including phenoxy) is 1. The van der Waals surface area contributed by atoms with Gasteiger partial charge in [-0.15, -0.1) is 0 Å². The van der Waals surface area contributed by atoms with Crippen LogP contribution >= 0.6 is 0 Å². The molecule has 0 aliphatic rings. The highest BCUT2D eigenvalue weighted by Gasteiger charge is 2.07. The van der Waals surface area contributed by atoms with E-state index in [1.165, 1.54) is 0 Å². The highest BCUT2D eigenvalue weighted by Crippen LogP contribution is 2.17. The van der Waals surface area contributed by atoms with Crippen molar-refractivity contribution < 1.29 is 9.53 Å². The van der Waals surface area contributed by atoms with Crippen LogP contribution in [0.1, 0.15) is 33.3 Å². The summed E-state index contributed by atoms with van der Waals surface area (Å²) in [4.78, 5) is 11.6. The van der Waals surface area contributed by atoms with Crippen LogP contribution in [0.25, 0.3) is 0 Å². The molecular weight excluding hydrogens is 252 g/mol. The lowest BCUT2D eigenvalue weighted by Crippen LogP contribution is -2.32. The number of carbonyl (C=O) groups excluding carboxylic acids is 1. The minimum atomic E-state index is -0.0784. The van der Waals surface area contributed by atoms with Crippen LogP contribution in [-0.2, 0) is 11.3 Å². The molecule has 0 spiro atoms. The number of benzene rings is 1. The minimum Gasteiger partial charge on any atom is -0.483 e. The molecule has 0 saturated carbocycles. The van der Waals surface area contributed by atoms with Crippen LogP contribution in [0.3, 0.4) is 0 Å². The smallest absolute Gasteiger partial charge is 0.257 e. The minimum absolute atomic E-state index is 0.0609. The lowest BCUT2D eigenvalue weighted by Gasteiger charge is -2.14. The molecule has 0 aromatic heterocycles. The Hall–Kier alpha value is -1.55. The Bertz CT molecular complexity index is 417. The molecule has 20 heavy (non-hydrogen) atoms. The summed E-state index contributed by atoms with van der Waals surface area (Å²) in [6.45, 7) is 9.80. The molecule has 0 heterocycles. The lowest BCUT2D eigenvalue weighted by atomic mass is 10.2. The van der Waals surface area contributed by atoms with E-state index in [4.69, 9.17) is 4.74 Å². The molecule has 0 bridgehead atoms. The van der Waals surface area contributed by atoms with Crippen LogP contribution in [0.2, 0.25) is 0 Å². The van der Waals surface area contributed by atoms with Gasteiger partial charge in [0.1, 0.15) is 5.75 Å². The second-order valence-corrected chi connectivity index (χ2v) is 5.63. The summed E-state index contributed by atoms with van der Waals surface area (Å²) in [6, 6.07) is 8.21. The van der Waals surface area contributed by atoms with Gasteiger partial charge >= 0.3 is 0 Å². The van der Waals surface area contributed by atoms with Gasteiger partial charge in [-0.05, 0) is 12.0 Å². The molecule has 0 unspecified atom stereocenters. The SMILES string of the molecule is CC(C)CNC(=O)COc1ccccc1CNC(C)C. The van der Waals surface area contributed by atoms with E-state index in [9.17, 15) is 4.79 Å². The zero-order valence-corrected chi connectivity index (χ0v) is 12.9. The first-order chi connectivity index (χ1) is 9.49. The first-order valence-electron chi connectivity index (χ1n) is 7.19. The van der Waals surface area contributed by atoms with Crippen molar-refractivity contribution >= 4 is 5.91 Å². The Kier molecular flexibility index (Phi) is 7.09. The van der Waals surface area contributed by atoms with Gasteiger partial charge in [0, 0.05) is 24.7 Å². The predicted octanol–water partition coefficient (Wildman–Crippen LogP) is 2.34. The van der Waals surface area contributed by atoms with Gasteiger partial charge in [-0.25, -0.2) is 0 Å². The fourth-order valence-corrected chi connectivity index (χ4v) is 1.62. The number of carbonyl (C=O) groups is 1. The average molecular weight is 278 g/mol. The lowest BCUT2D eigenvalue weighted by molar-refractivity contribution is -0.123. The predicted molar refractivity (Wildman–Crippen MR) is 81.8 cm³/mol. The number of rotatable bonds is 8. The van der Waals surface area contributed by atoms with Crippen molar-refractivity contribution in [3.63, 3.8) is 0 Å². The molecule has 0 aliphatic heterocycles. The molecule has 0 atom stereocenters. The zero-order valence-electron chi connectivity index (χ0n) is 12.9. The van der Waals surface area contributed by atoms with Gasteiger partial charge in [0.05, 0.1) is 0 Å². The van der Waals surface area contributed by atoms with Crippen molar-refractivity contribution in [3.05, 3.63) is 29.8 Å². The summed E-state index contributed by atoms with van der Waals surface area (Å²) in [5, 5.41) is 6.19. The van der Waals surface area contributed by atoms with Gasteiger partial charge in [0.25, 0.3) is 5.91 Å². The maximum Gasteiger partial charge on any atom is 0.257 e. The number of para-hydroxylation sites is 1. The topological polar surface area (TPSA) is 50.4 Å². The van der Waals surface area contributed by atoms with Gasteiger partial charge in [-0.1, -0.05) is 45.9 Å². The van der Waals surface area contributed by atoms with Gasteiger partial charge < -0.3 is 15.4 Å². The molecule has 0 fully saturated rings. The number of hydrogen-bond acceptors (Lipinski definition) is 3. The summed E-state index contributed by atoms with van der Waals surface area (Å²) < 4.78 is 5.61. The van der Waals surface area contributed by atoms with Crippen LogP contribution in [0, 0.1) is 5.92 Å². The quantitative estimate of drug-likeness (QED) is 0.767. The highest BCUT2D eigenvalue weighted by molar-refractivity contribution is 5.77. The fourth-order valence-electron chi connectivity index (χ4n) is 1.62. The molecule has 112 valence electrons. The van der Waals surface area contributed by atoms with Crippen LogP contribution in [-0.4, -0.2) is 25.1 Å². The molecule has 1 rings (SSSR count). The van der Waals surface area contributed by atoms with Crippen molar-refractivity contribution in [2.24, 2.45) is 5.92 Å². The van der Waals surface area contributed by atoms with E-state index >= 15 is 0 Å². The van der Waals surface area contributed by atoms with E-state index in [0.717, 1.165) is 17.9 Å².